The number of sulfonamides is 1. The second kappa shape index (κ2) is 9.57. The van der Waals surface area contributed by atoms with Crippen LogP contribution in [0.3, 0.4) is 0 Å². The minimum absolute atomic E-state index is 0.0440. The van der Waals surface area contributed by atoms with E-state index in [0.29, 0.717) is 48.3 Å². The summed E-state index contributed by atoms with van der Waals surface area (Å²) in [6.45, 7) is 4.74. The first kappa shape index (κ1) is 26.2. The van der Waals surface area contributed by atoms with Gasteiger partial charge in [0.25, 0.3) is 0 Å². The van der Waals surface area contributed by atoms with E-state index in [9.17, 15) is 22.7 Å². The molecule has 1 aliphatic carbocycles. The van der Waals surface area contributed by atoms with Gasteiger partial charge in [-0.3, -0.25) is 4.98 Å². The molecule has 3 N–H and O–H groups in total. The maximum atomic E-state index is 14.7. The maximum Gasteiger partial charge on any atom is 0.352 e. The Labute approximate surface area is 231 Å². The van der Waals surface area contributed by atoms with Crippen LogP contribution in [0.15, 0.2) is 53.9 Å². The highest BCUT2D eigenvalue weighted by molar-refractivity contribution is 7.88. The quantitative estimate of drug-likeness (QED) is 0.279. The van der Waals surface area contributed by atoms with Gasteiger partial charge in [0, 0.05) is 59.5 Å². The summed E-state index contributed by atoms with van der Waals surface area (Å²) in [5, 5.41) is 11.1. The highest BCUT2D eigenvalue weighted by Crippen LogP contribution is 2.45. The Morgan fingerprint density at radius 3 is 2.65 bits per heavy atom. The van der Waals surface area contributed by atoms with E-state index in [4.69, 9.17) is 0 Å². The molecule has 0 unspecified atom stereocenters. The Kier molecular flexibility index (Phi) is 6.27. The number of fused-ring (bicyclic) bond motifs is 2. The summed E-state index contributed by atoms with van der Waals surface area (Å²) in [5.74, 6) is -1.60. The number of hydrogen-bond acceptors (Lipinski definition) is 4. The zero-order valence-electron chi connectivity index (χ0n) is 22.4. The number of nitrogens with zero attached hydrogens (tertiary/aromatic N) is 2. The lowest BCUT2D eigenvalue weighted by Gasteiger charge is -2.24. The van der Waals surface area contributed by atoms with E-state index in [-0.39, 0.29) is 11.6 Å². The standard InChI is InChI=1S/C30H29FN4O4S/c1-16(2)26-27(29(30(36)37)34-28(26)23-14-19(31)15-25-20(23)4-8-33-25)21-5-9-32-24-13-18(12-22(21)24)17-6-10-35(11-7-17)40(3,38)39/h4-6,8-9,12,14-16,33-34H,7,10-11,13H2,1-3H3,(H,36,37). The number of rotatable bonds is 6. The molecule has 8 nitrogen and oxygen atoms in total. The molecule has 3 aromatic heterocycles. The summed E-state index contributed by atoms with van der Waals surface area (Å²) in [4.78, 5) is 23.4. The molecular weight excluding hydrogens is 531 g/mol. The normalized spacial score (nSPS) is 15.9. The van der Waals surface area contributed by atoms with Crippen molar-refractivity contribution in [2.75, 3.05) is 19.3 Å². The van der Waals surface area contributed by atoms with Crippen LogP contribution in [0.1, 0.15) is 53.5 Å². The molecule has 0 atom stereocenters. The Bertz CT molecular complexity index is 1860. The van der Waals surface area contributed by atoms with Crippen molar-refractivity contribution in [3.05, 3.63) is 82.2 Å². The fraction of sp³-hybridized carbons (Fsp3) is 0.267. The summed E-state index contributed by atoms with van der Waals surface area (Å²) >= 11 is 0. The van der Waals surface area contributed by atoms with Crippen LogP contribution in [-0.4, -0.2) is 58.1 Å². The fourth-order valence-electron chi connectivity index (χ4n) is 5.97. The van der Waals surface area contributed by atoms with Crippen molar-refractivity contribution in [1.82, 2.24) is 19.3 Å². The van der Waals surface area contributed by atoms with Crippen molar-refractivity contribution in [2.45, 2.75) is 32.6 Å². The van der Waals surface area contributed by atoms with E-state index < -0.39 is 21.8 Å². The highest BCUT2D eigenvalue weighted by Gasteiger charge is 2.31. The van der Waals surface area contributed by atoms with Crippen LogP contribution in [0.5, 0.6) is 0 Å². The summed E-state index contributed by atoms with van der Waals surface area (Å²) in [5.41, 5.74) is 7.79. The number of hydrogen-bond donors (Lipinski definition) is 3. The third-order valence-corrected chi connectivity index (χ3v) is 9.07. The average molecular weight is 561 g/mol. The minimum atomic E-state index is -3.26. The van der Waals surface area contributed by atoms with Gasteiger partial charge in [-0.2, -0.15) is 4.31 Å². The van der Waals surface area contributed by atoms with Crippen molar-refractivity contribution < 1.29 is 22.7 Å². The SMILES string of the molecule is CC(C)c1c(-c2cc(F)cc3[nH]ccc23)[nH]c(C(=O)O)c1-c1ccnc2c1C=C(C1=CCN(S(C)(=O)=O)CC1)C2. The van der Waals surface area contributed by atoms with Gasteiger partial charge in [-0.05, 0) is 65.0 Å². The molecule has 0 amide bonds. The molecule has 4 aromatic rings. The fourth-order valence-corrected chi connectivity index (χ4v) is 6.74. The number of carboxylic acid groups (broad SMARTS) is 1. The van der Waals surface area contributed by atoms with Gasteiger partial charge >= 0.3 is 5.97 Å². The van der Waals surface area contributed by atoms with Crippen LogP contribution in [0.2, 0.25) is 0 Å². The van der Waals surface area contributed by atoms with Crippen LogP contribution < -0.4 is 0 Å². The van der Waals surface area contributed by atoms with E-state index >= 15 is 0 Å². The lowest BCUT2D eigenvalue weighted by atomic mass is 9.88. The third-order valence-electron chi connectivity index (χ3n) is 7.80. The predicted molar refractivity (Wildman–Crippen MR) is 153 cm³/mol. The number of H-pyrrole nitrogens is 2. The predicted octanol–water partition coefficient (Wildman–Crippen LogP) is 5.72. The average Bonchev–Trinajstić information content (AvgIpc) is 3.63. The zero-order valence-corrected chi connectivity index (χ0v) is 23.2. The van der Waals surface area contributed by atoms with Crippen LogP contribution >= 0.6 is 0 Å². The Morgan fingerprint density at radius 1 is 1.18 bits per heavy atom. The summed E-state index contributed by atoms with van der Waals surface area (Å²) in [6, 6.07) is 6.55. The van der Waals surface area contributed by atoms with Crippen molar-refractivity contribution in [2.24, 2.45) is 0 Å². The number of carbonyl (C=O) groups is 1. The van der Waals surface area contributed by atoms with E-state index in [1.54, 1.807) is 12.4 Å². The van der Waals surface area contributed by atoms with E-state index in [2.05, 4.69) is 21.0 Å². The molecule has 6 rings (SSSR count). The molecule has 2 aliphatic rings. The molecule has 40 heavy (non-hydrogen) atoms. The summed E-state index contributed by atoms with van der Waals surface area (Å²) < 4.78 is 40.0. The van der Waals surface area contributed by atoms with Crippen molar-refractivity contribution in [3.63, 3.8) is 0 Å². The Hall–Kier alpha value is -4.02. The number of aromatic amines is 2. The molecule has 1 aliphatic heterocycles. The second-order valence-corrected chi connectivity index (χ2v) is 12.7. The van der Waals surface area contributed by atoms with Gasteiger partial charge in [-0.1, -0.05) is 19.9 Å². The van der Waals surface area contributed by atoms with Crippen LogP contribution in [0.25, 0.3) is 39.4 Å². The van der Waals surface area contributed by atoms with Gasteiger partial charge in [0.1, 0.15) is 11.5 Å². The maximum absolute atomic E-state index is 14.7. The first-order chi connectivity index (χ1) is 19.0. The molecule has 0 saturated carbocycles. The molecular formula is C30H29FN4O4S. The van der Waals surface area contributed by atoms with Gasteiger partial charge in [0.2, 0.25) is 10.0 Å². The molecule has 10 heteroatoms. The lowest BCUT2D eigenvalue weighted by Crippen LogP contribution is -2.34. The van der Waals surface area contributed by atoms with E-state index in [0.717, 1.165) is 38.9 Å². The van der Waals surface area contributed by atoms with Gasteiger partial charge in [-0.15, -0.1) is 0 Å². The monoisotopic (exact) mass is 560 g/mol. The Morgan fingerprint density at radius 2 is 1.98 bits per heavy atom. The van der Waals surface area contributed by atoms with Crippen LogP contribution in [0.4, 0.5) is 4.39 Å². The number of aromatic nitrogens is 3. The smallest absolute Gasteiger partial charge is 0.352 e. The molecule has 0 bridgehead atoms. The molecule has 1 aromatic carbocycles. The van der Waals surface area contributed by atoms with Crippen LogP contribution in [-0.2, 0) is 16.4 Å². The Balaban J connectivity index is 1.52. The number of allylic oxidation sites excluding steroid dienone is 1. The topological polar surface area (TPSA) is 119 Å². The number of halogens is 1. The highest BCUT2D eigenvalue weighted by atomic mass is 32.2. The number of pyridine rings is 1. The molecule has 0 fully saturated rings. The van der Waals surface area contributed by atoms with Crippen molar-refractivity contribution in [3.8, 4) is 22.4 Å². The molecule has 0 saturated heterocycles. The van der Waals surface area contributed by atoms with Crippen molar-refractivity contribution >= 4 is 33.0 Å². The summed E-state index contributed by atoms with van der Waals surface area (Å²) in [7, 11) is -3.26. The number of carboxylic acids is 1. The molecule has 0 radical (unpaired) electrons. The molecule has 0 spiro atoms. The number of aromatic carboxylic acids is 1. The largest absolute Gasteiger partial charge is 0.477 e. The summed E-state index contributed by atoms with van der Waals surface area (Å²) in [6.07, 6.45) is 9.83. The van der Waals surface area contributed by atoms with Gasteiger partial charge in [-0.25, -0.2) is 17.6 Å². The van der Waals surface area contributed by atoms with E-state index in [1.807, 2.05) is 32.1 Å². The minimum Gasteiger partial charge on any atom is -0.477 e. The van der Waals surface area contributed by atoms with Crippen LogP contribution in [0, 0.1) is 5.82 Å². The number of benzene rings is 1. The number of nitrogens with one attached hydrogen (secondary N) is 2. The first-order valence-electron chi connectivity index (χ1n) is 13.1. The second-order valence-electron chi connectivity index (χ2n) is 10.7. The third kappa shape index (κ3) is 4.37. The molecule has 4 heterocycles. The lowest BCUT2D eigenvalue weighted by molar-refractivity contribution is 0.0692. The van der Waals surface area contributed by atoms with Gasteiger partial charge in [0.05, 0.1) is 17.6 Å². The zero-order chi connectivity index (χ0) is 28.3. The van der Waals surface area contributed by atoms with E-state index in [1.165, 1.54) is 22.7 Å². The van der Waals surface area contributed by atoms with Gasteiger partial charge in [0.15, 0.2) is 0 Å². The first-order valence-corrected chi connectivity index (χ1v) is 15.0. The van der Waals surface area contributed by atoms with Crippen molar-refractivity contribution in [1.29, 1.82) is 0 Å². The van der Waals surface area contributed by atoms with Gasteiger partial charge < -0.3 is 15.1 Å². The molecule has 206 valence electrons.